The maximum atomic E-state index is 11.7. The summed E-state index contributed by atoms with van der Waals surface area (Å²) in [6.45, 7) is 6.13. The van der Waals surface area contributed by atoms with Crippen LogP contribution in [0.3, 0.4) is 0 Å². The summed E-state index contributed by atoms with van der Waals surface area (Å²) in [5.41, 5.74) is -0.357. The lowest BCUT2D eigenvalue weighted by molar-refractivity contribution is -0.135. The number of carbonyl (C=O) groups is 1. The van der Waals surface area contributed by atoms with Crippen molar-refractivity contribution in [1.29, 1.82) is 0 Å². The Bertz CT molecular complexity index is 342. The number of rotatable bonds is 5. The van der Waals surface area contributed by atoms with Crippen molar-refractivity contribution in [3.8, 4) is 0 Å². The second-order valence-electron chi connectivity index (χ2n) is 3.93. The third-order valence-corrected chi connectivity index (χ3v) is 2.66. The fourth-order valence-electron chi connectivity index (χ4n) is 1.24. The lowest BCUT2D eigenvalue weighted by Gasteiger charge is -2.18. The molecule has 1 heterocycles. The minimum atomic E-state index is -1.21. The molecule has 0 saturated carbocycles. The van der Waals surface area contributed by atoms with Gasteiger partial charge >= 0.3 is 0 Å². The Morgan fingerprint density at radius 1 is 1.60 bits per heavy atom. The molecule has 0 amide bonds. The van der Waals surface area contributed by atoms with Crippen molar-refractivity contribution in [1.82, 2.24) is 9.78 Å². The number of ketones is 1. The summed E-state index contributed by atoms with van der Waals surface area (Å²) in [4.78, 5) is 11.7. The van der Waals surface area contributed by atoms with E-state index < -0.39 is 5.60 Å². The Morgan fingerprint density at radius 2 is 2.27 bits per heavy atom. The molecule has 0 spiro atoms. The molecule has 4 heteroatoms. The molecule has 1 aromatic heterocycles. The molecular formula is C11H18N2O2. The van der Waals surface area contributed by atoms with E-state index in [0.29, 0.717) is 6.42 Å². The van der Waals surface area contributed by atoms with Crippen LogP contribution in [0.25, 0.3) is 0 Å². The number of hydrogen-bond donors (Lipinski definition) is 1. The molecule has 0 saturated heterocycles. The minimum Gasteiger partial charge on any atom is -0.382 e. The Balaban J connectivity index is 2.66. The highest BCUT2D eigenvalue weighted by Crippen LogP contribution is 2.13. The van der Waals surface area contributed by atoms with Crippen molar-refractivity contribution in [3.63, 3.8) is 0 Å². The van der Waals surface area contributed by atoms with Gasteiger partial charge in [0.25, 0.3) is 0 Å². The SMILES string of the molecule is CCn1cc(CC(=O)C(C)(O)CC)cn1. The molecule has 0 aliphatic rings. The van der Waals surface area contributed by atoms with Gasteiger partial charge in [0.1, 0.15) is 5.60 Å². The van der Waals surface area contributed by atoms with Crippen LogP contribution in [-0.4, -0.2) is 26.3 Å². The van der Waals surface area contributed by atoms with E-state index in [1.807, 2.05) is 13.1 Å². The monoisotopic (exact) mass is 210 g/mol. The van der Waals surface area contributed by atoms with E-state index in [1.54, 1.807) is 24.7 Å². The van der Waals surface area contributed by atoms with E-state index in [9.17, 15) is 9.90 Å². The zero-order chi connectivity index (χ0) is 11.5. The van der Waals surface area contributed by atoms with Crippen molar-refractivity contribution in [2.75, 3.05) is 0 Å². The number of hydrogen-bond acceptors (Lipinski definition) is 3. The highest BCUT2D eigenvalue weighted by Gasteiger charge is 2.27. The van der Waals surface area contributed by atoms with Gasteiger partial charge in [0, 0.05) is 19.2 Å². The van der Waals surface area contributed by atoms with Gasteiger partial charge in [-0.1, -0.05) is 6.92 Å². The molecule has 1 unspecified atom stereocenters. The van der Waals surface area contributed by atoms with Crippen LogP contribution in [0.5, 0.6) is 0 Å². The number of Topliss-reactive ketones (excluding diaryl/α,β-unsaturated/α-hetero) is 1. The number of aromatic nitrogens is 2. The standard InChI is InChI=1S/C11H18N2O2/c1-4-11(3,15)10(14)6-9-7-12-13(5-2)8-9/h7-8,15H,4-6H2,1-3H3. The maximum Gasteiger partial charge on any atom is 0.168 e. The normalized spacial score (nSPS) is 14.9. The van der Waals surface area contributed by atoms with Crippen LogP contribution >= 0.6 is 0 Å². The van der Waals surface area contributed by atoms with Crippen molar-refractivity contribution < 1.29 is 9.90 Å². The molecule has 0 radical (unpaired) electrons. The maximum absolute atomic E-state index is 11.7. The third-order valence-electron chi connectivity index (χ3n) is 2.66. The van der Waals surface area contributed by atoms with Crippen LogP contribution in [-0.2, 0) is 17.8 Å². The fourth-order valence-corrected chi connectivity index (χ4v) is 1.24. The summed E-state index contributed by atoms with van der Waals surface area (Å²) in [6.07, 6.45) is 4.20. The smallest absolute Gasteiger partial charge is 0.168 e. The van der Waals surface area contributed by atoms with E-state index in [1.165, 1.54) is 0 Å². The summed E-state index contributed by atoms with van der Waals surface area (Å²) >= 11 is 0. The van der Waals surface area contributed by atoms with Crippen LogP contribution in [0.1, 0.15) is 32.8 Å². The van der Waals surface area contributed by atoms with E-state index in [0.717, 1.165) is 12.1 Å². The van der Waals surface area contributed by atoms with Gasteiger partial charge in [0.05, 0.1) is 6.20 Å². The molecule has 15 heavy (non-hydrogen) atoms. The minimum absolute atomic E-state index is 0.152. The lowest BCUT2D eigenvalue weighted by Crippen LogP contribution is -2.35. The number of aryl methyl sites for hydroxylation is 1. The fraction of sp³-hybridized carbons (Fsp3) is 0.636. The Hall–Kier alpha value is -1.16. The second kappa shape index (κ2) is 4.57. The molecule has 84 valence electrons. The van der Waals surface area contributed by atoms with Gasteiger partial charge in [-0.15, -0.1) is 0 Å². The number of carbonyl (C=O) groups excluding carboxylic acids is 1. The quantitative estimate of drug-likeness (QED) is 0.793. The first-order valence-electron chi connectivity index (χ1n) is 5.26. The highest BCUT2D eigenvalue weighted by molar-refractivity contribution is 5.88. The van der Waals surface area contributed by atoms with E-state index >= 15 is 0 Å². The van der Waals surface area contributed by atoms with Gasteiger partial charge in [0.2, 0.25) is 0 Å². The van der Waals surface area contributed by atoms with Gasteiger partial charge in [0.15, 0.2) is 5.78 Å². The summed E-state index contributed by atoms with van der Waals surface area (Å²) < 4.78 is 1.77. The predicted molar refractivity (Wildman–Crippen MR) is 57.5 cm³/mol. The first-order chi connectivity index (χ1) is 6.99. The molecule has 1 N–H and O–H groups in total. The first kappa shape index (κ1) is 11.9. The summed E-state index contributed by atoms with van der Waals surface area (Å²) in [6, 6.07) is 0. The Kier molecular flexibility index (Phi) is 3.63. The van der Waals surface area contributed by atoms with Gasteiger partial charge in [-0.25, -0.2) is 0 Å². The topological polar surface area (TPSA) is 55.1 Å². The molecule has 0 bridgehead atoms. The van der Waals surface area contributed by atoms with Gasteiger partial charge in [-0.05, 0) is 25.8 Å². The predicted octanol–water partition coefficient (Wildman–Crippen LogP) is 1.18. The Labute approximate surface area is 89.9 Å². The van der Waals surface area contributed by atoms with Crippen molar-refractivity contribution >= 4 is 5.78 Å². The first-order valence-corrected chi connectivity index (χ1v) is 5.26. The van der Waals surface area contributed by atoms with Crippen LogP contribution in [0, 0.1) is 0 Å². The molecule has 1 aromatic rings. The third kappa shape index (κ3) is 2.89. The largest absolute Gasteiger partial charge is 0.382 e. The number of aliphatic hydroxyl groups is 1. The summed E-state index contributed by atoms with van der Waals surface area (Å²) in [7, 11) is 0. The van der Waals surface area contributed by atoms with Crippen molar-refractivity contribution in [2.45, 2.75) is 45.8 Å². The van der Waals surface area contributed by atoms with Crippen LogP contribution in [0.15, 0.2) is 12.4 Å². The molecule has 0 aliphatic carbocycles. The molecule has 4 nitrogen and oxygen atoms in total. The molecule has 0 aliphatic heterocycles. The lowest BCUT2D eigenvalue weighted by atomic mass is 9.94. The number of nitrogens with zero attached hydrogens (tertiary/aromatic N) is 2. The molecule has 0 fully saturated rings. The molecule has 1 atom stereocenters. The van der Waals surface area contributed by atoms with Crippen LogP contribution in [0.2, 0.25) is 0 Å². The van der Waals surface area contributed by atoms with Crippen LogP contribution in [0.4, 0.5) is 0 Å². The zero-order valence-electron chi connectivity index (χ0n) is 9.53. The molecular weight excluding hydrogens is 192 g/mol. The van der Waals surface area contributed by atoms with Crippen LogP contribution < -0.4 is 0 Å². The van der Waals surface area contributed by atoms with Gasteiger partial charge < -0.3 is 5.11 Å². The average molecular weight is 210 g/mol. The highest BCUT2D eigenvalue weighted by atomic mass is 16.3. The summed E-state index contributed by atoms with van der Waals surface area (Å²) in [5, 5.41) is 13.8. The average Bonchev–Trinajstić information content (AvgIpc) is 2.65. The van der Waals surface area contributed by atoms with Crippen molar-refractivity contribution in [3.05, 3.63) is 18.0 Å². The Morgan fingerprint density at radius 3 is 2.73 bits per heavy atom. The molecule has 1 rings (SSSR count). The van der Waals surface area contributed by atoms with Gasteiger partial charge in [-0.3, -0.25) is 9.48 Å². The van der Waals surface area contributed by atoms with E-state index in [4.69, 9.17) is 0 Å². The van der Waals surface area contributed by atoms with Crippen molar-refractivity contribution in [2.24, 2.45) is 0 Å². The zero-order valence-corrected chi connectivity index (χ0v) is 9.53. The van der Waals surface area contributed by atoms with E-state index in [-0.39, 0.29) is 12.2 Å². The van der Waals surface area contributed by atoms with Gasteiger partial charge in [-0.2, -0.15) is 5.10 Å². The summed E-state index contributed by atoms with van der Waals surface area (Å²) in [5.74, 6) is -0.152. The molecule has 0 aromatic carbocycles. The van der Waals surface area contributed by atoms with E-state index in [2.05, 4.69) is 5.10 Å². The second-order valence-corrected chi connectivity index (χ2v) is 3.93.